The van der Waals surface area contributed by atoms with Crippen LogP contribution in [0, 0.1) is 6.92 Å². The molecular weight excluding hydrogens is 296 g/mol. The Hall–Kier alpha value is -1.79. The van der Waals surface area contributed by atoms with E-state index in [0.29, 0.717) is 0 Å². The Morgan fingerprint density at radius 3 is 2.68 bits per heavy atom. The second-order valence-corrected chi connectivity index (χ2v) is 6.69. The van der Waals surface area contributed by atoms with Crippen LogP contribution in [0.15, 0.2) is 39.9 Å². The quantitative estimate of drug-likeness (QED) is 0.634. The van der Waals surface area contributed by atoms with Crippen molar-refractivity contribution in [3.8, 4) is 0 Å². The summed E-state index contributed by atoms with van der Waals surface area (Å²) in [5.41, 5.74) is 0. The Morgan fingerprint density at radius 2 is 2.14 bits per heavy atom. The molecule has 2 heterocycles. The minimum atomic E-state index is 0.164. The number of aryl methyl sites for hydroxylation is 1. The zero-order valence-electron chi connectivity index (χ0n) is 13.6. The summed E-state index contributed by atoms with van der Waals surface area (Å²) in [6.07, 6.45) is 1.71. The van der Waals surface area contributed by atoms with Crippen molar-refractivity contribution in [1.82, 2.24) is 15.5 Å². The van der Waals surface area contributed by atoms with Gasteiger partial charge in [-0.3, -0.25) is 9.89 Å². The number of nitrogens with zero attached hydrogens (tertiary/aromatic N) is 2. The van der Waals surface area contributed by atoms with E-state index in [9.17, 15) is 0 Å². The molecule has 1 atom stereocenters. The van der Waals surface area contributed by atoms with Crippen LogP contribution in [0.5, 0.6) is 0 Å². The molecule has 2 aromatic rings. The summed E-state index contributed by atoms with van der Waals surface area (Å²) < 4.78 is 5.51. The minimum absolute atomic E-state index is 0.164. The van der Waals surface area contributed by atoms with Crippen molar-refractivity contribution in [3.05, 3.63) is 46.0 Å². The zero-order chi connectivity index (χ0) is 15.9. The highest BCUT2D eigenvalue weighted by molar-refractivity contribution is 7.11. The van der Waals surface area contributed by atoms with E-state index in [-0.39, 0.29) is 6.04 Å². The van der Waals surface area contributed by atoms with Crippen molar-refractivity contribution >= 4 is 17.3 Å². The third-order valence-electron chi connectivity index (χ3n) is 3.41. The molecule has 0 fully saturated rings. The lowest BCUT2D eigenvalue weighted by molar-refractivity contribution is 0.258. The number of likely N-dealkylation sites (N-methyl/N-ethyl adjacent to an activating group) is 1. The predicted molar refractivity (Wildman–Crippen MR) is 92.4 cm³/mol. The first kappa shape index (κ1) is 16.6. The fourth-order valence-corrected chi connectivity index (χ4v) is 3.01. The van der Waals surface area contributed by atoms with Crippen LogP contribution in [-0.4, -0.2) is 38.5 Å². The van der Waals surface area contributed by atoms with Gasteiger partial charge in [0.05, 0.1) is 18.8 Å². The van der Waals surface area contributed by atoms with Gasteiger partial charge < -0.3 is 15.1 Å². The monoisotopic (exact) mass is 320 g/mol. The van der Waals surface area contributed by atoms with Gasteiger partial charge in [0.2, 0.25) is 0 Å². The highest BCUT2D eigenvalue weighted by Gasteiger charge is 2.17. The molecule has 120 valence electrons. The number of hydrogen-bond donors (Lipinski definition) is 2. The van der Waals surface area contributed by atoms with Crippen molar-refractivity contribution < 1.29 is 4.42 Å². The molecule has 1 unspecified atom stereocenters. The number of guanidine groups is 1. The van der Waals surface area contributed by atoms with Gasteiger partial charge in [-0.1, -0.05) is 0 Å². The third-order valence-corrected chi connectivity index (χ3v) is 4.41. The molecule has 5 nitrogen and oxygen atoms in total. The molecule has 0 saturated heterocycles. The first-order valence-corrected chi connectivity index (χ1v) is 8.11. The van der Waals surface area contributed by atoms with E-state index >= 15 is 0 Å². The van der Waals surface area contributed by atoms with Crippen LogP contribution < -0.4 is 10.6 Å². The van der Waals surface area contributed by atoms with E-state index < -0.39 is 0 Å². The molecular formula is C16H24N4OS. The summed E-state index contributed by atoms with van der Waals surface area (Å²) in [5, 5.41) is 6.70. The van der Waals surface area contributed by atoms with Gasteiger partial charge in [0.25, 0.3) is 0 Å². The normalized spacial score (nSPS) is 13.4. The predicted octanol–water partition coefficient (Wildman–Crippen LogP) is 2.62. The third kappa shape index (κ3) is 4.61. The van der Waals surface area contributed by atoms with Gasteiger partial charge in [-0.25, -0.2) is 0 Å². The lowest BCUT2D eigenvalue weighted by atomic mass is 10.2. The van der Waals surface area contributed by atoms with Gasteiger partial charge in [0, 0.05) is 23.3 Å². The van der Waals surface area contributed by atoms with Crippen molar-refractivity contribution in [1.29, 1.82) is 0 Å². The molecule has 0 spiro atoms. The molecule has 2 aromatic heterocycles. The maximum absolute atomic E-state index is 5.51. The van der Waals surface area contributed by atoms with Gasteiger partial charge in [0.1, 0.15) is 5.76 Å². The summed E-state index contributed by atoms with van der Waals surface area (Å²) in [6, 6.07) is 8.36. The van der Waals surface area contributed by atoms with Gasteiger partial charge in [-0.05, 0) is 45.3 Å². The Labute approximate surface area is 136 Å². The number of rotatable bonds is 6. The average molecular weight is 320 g/mol. The standard InChI is InChI=1S/C16H24N4OS/c1-12-7-8-13(22-12)10-18-16(17-2)19-11-14(20(3)4)15-6-5-9-21-15/h5-9,14H,10-11H2,1-4H3,(H2,17,18,19). The van der Waals surface area contributed by atoms with E-state index in [2.05, 4.69) is 39.6 Å². The van der Waals surface area contributed by atoms with Crippen LogP contribution in [0.2, 0.25) is 0 Å². The first-order chi connectivity index (χ1) is 10.6. The van der Waals surface area contributed by atoms with Gasteiger partial charge >= 0.3 is 0 Å². The molecule has 0 amide bonds. The Kier molecular flexibility index (Phi) is 6.03. The molecule has 0 aliphatic rings. The largest absolute Gasteiger partial charge is 0.468 e. The van der Waals surface area contributed by atoms with Crippen LogP contribution in [0.3, 0.4) is 0 Å². The van der Waals surface area contributed by atoms with E-state index in [1.54, 1.807) is 24.6 Å². The second kappa shape index (κ2) is 8.00. The Bertz CT molecular complexity index is 589. The molecule has 0 aliphatic heterocycles. The highest BCUT2D eigenvalue weighted by atomic mass is 32.1. The van der Waals surface area contributed by atoms with Crippen LogP contribution in [-0.2, 0) is 6.54 Å². The fourth-order valence-electron chi connectivity index (χ4n) is 2.18. The van der Waals surface area contributed by atoms with E-state index in [0.717, 1.165) is 24.8 Å². The summed E-state index contributed by atoms with van der Waals surface area (Å²) in [6.45, 7) is 3.63. The molecule has 0 saturated carbocycles. The molecule has 22 heavy (non-hydrogen) atoms. The van der Waals surface area contributed by atoms with Gasteiger partial charge in [-0.2, -0.15) is 0 Å². The summed E-state index contributed by atoms with van der Waals surface area (Å²) in [5.74, 6) is 1.74. The number of thiophene rings is 1. The van der Waals surface area contributed by atoms with E-state index in [4.69, 9.17) is 4.42 Å². The van der Waals surface area contributed by atoms with Crippen molar-refractivity contribution in [2.75, 3.05) is 27.7 Å². The topological polar surface area (TPSA) is 52.8 Å². The molecule has 2 rings (SSSR count). The molecule has 6 heteroatoms. The van der Waals surface area contributed by atoms with Crippen molar-refractivity contribution in [2.24, 2.45) is 4.99 Å². The number of nitrogens with one attached hydrogen (secondary N) is 2. The zero-order valence-corrected chi connectivity index (χ0v) is 14.4. The van der Waals surface area contributed by atoms with Gasteiger partial charge in [-0.15, -0.1) is 11.3 Å². The highest BCUT2D eigenvalue weighted by Crippen LogP contribution is 2.17. The molecule has 0 aromatic carbocycles. The smallest absolute Gasteiger partial charge is 0.191 e. The van der Waals surface area contributed by atoms with Crippen LogP contribution in [0.25, 0.3) is 0 Å². The molecule has 0 radical (unpaired) electrons. The average Bonchev–Trinajstić information content (AvgIpc) is 3.14. The number of aliphatic imine (C=N–C) groups is 1. The number of hydrogen-bond acceptors (Lipinski definition) is 4. The minimum Gasteiger partial charge on any atom is -0.468 e. The van der Waals surface area contributed by atoms with Crippen molar-refractivity contribution in [3.63, 3.8) is 0 Å². The van der Waals surface area contributed by atoms with Crippen LogP contribution >= 0.6 is 11.3 Å². The van der Waals surface area contributed by atoms with E-state index in [1.165, 1.54) is 9.75 Å². The van der Waals surface area contributed by atoms with Crippen LogP contribution in [0.1, 0.15) is 21.6 Å². The Balaban J connectivity index is 1.87. The van der Waals surface area contributed by atoms with Crippen LogP contribution in [0.4, 0.5) is 0 Å². The number of furan rings is 1. The molecule has 0 aliphatic carbocycles. The summed E-state index contributed by atoms with van der Waals surface area (Å²) in [4.78, 5) is 9.03. The summed E-state index contributed by atoms with van der Waals surface area (Å²) >= 11 is 1.80. The van der Waals surface area contributed by atoms with Crippen molar-refractivity contribution in [2.45, 2.75) is 19.5 Å². The summed E-state index contributed by atoms with van der Waals surface area (Å²) in [7, 11) is 5.87. The first-order valence-electron chi connectivity index (χ1n) is 7.30. The maximum atomic E-state index is 5.51. The second-order valence-electron chi connectivity index (χ2n) is 5.31. The van der Waals surface area contributed by atoms with Gasteiger partial charge in [0.15, 0.2) is 5.96 Å². The maximum Gasteiger partial charge on any atom is 0.191 e. The SMILES string of the molecule is CN=C(NCc1ccc(C)s1)NCC(c1ccco1)N(C)C. The van der Waals surface area contributed by atoms with E-state index in [1.807, 2.05) is 26.2 Å². The lowest BCUT2D eigenvalue weighted by Crippen LogP contribution is -2.41. The molecule has 0 bridgehead atoms. The Morgan fingerprint density at radius 1 is 1.32 bits per heavy atom. The molecule has 2 N–H and O–H groups in total. The fraction of sp³-hybridized carbons (Fsp3) is 0.438. The lowest BCUT2D eigenvalue weighted by Gasteiger charge is -2.23.